The number of aryl methyl sites for hydroxylation is 2. The molecule has 6 nitrogen and oxygen atoms in total. The quantitative estimate of drug-likeness (QED) is 0.551. The summed E-state index contributed by atoms with van der Waals surface area (Å²) in [6.45, 7) is 11.2. The third-order valence-electron chi connectivity index (χ3n) is 7.80. The Labute approximate surface area is 208 Å². The smallest absolute Gasteiger partial charge is 0.226 e. The van der Waals surface area contributed by atoms with Gasteiger partial charge in [-0.2, -0.15) is 0 Å². The summed E-state index contributed by atoms with van der Waals surface area (Å²) in [5.41, 5.74) is 7.25. The van der Waals surface area contributed by atoms with Crippen LogP contribution >= 0.6 is 0 Å². The fourth-order valence-electron chi connectivity index (χ4n) is 5.98. The molecule has 1 aliphatic carbocycles. The zero-order valence-electron chi connectivity index (χ0n) is 21.7. The van der Waals surface area contributed by atoms with Crippen molar-refractivity contribution in [3.05, 3.63) is 58.9 Å². The number of imidazole rings is 1. The van der Waals surface area contributed by atoms with Gasteiger partial charge >= 0.3 is 0 Å². The maximum absolute atomic E-state index is 12.1. The number of hydrogen-bond donors (Lipinski definition) is 1. The average molecular weight is 475 g/mol. The first-order valence-electron chi connectivity index (χ1n) is 13.0. The summed E-state index contributed by atoms with van der Waals surface area (Å²) in [5.74, 6) is 1.73. The Hall–Kier alpha value is -2.70. The van der Waals surface area contributed by atoms with Gasteiger partial charge in [0.15, 0.2) is 0 Å². The molecule has 0 radical (unpaired) electrons. The molecular weight excluding hydrogens is 436 g/mol. The van der Waals surface area contributed by atoms with Gasteiger partial charge in [-0.3, -0.25) is 4.79 Å². The largest absolute Gasteiger partial charge is 0.378 e. The zero-order chi connectivity index (χ0) is 24.7. The minimum atomic E-state index is -0.0131. The third-order valence-corrected chi connectivity index (χ3v) is 7.80. The maximum atomic E-state index is 12.1. The molecule has 2 aliphatic rings. The van der Waals surface area contributed by atoms with Gasteiger partial charge in [-0.1, -0.05) is 26.0 Å². The summed E-state index contributed by atoms with van der Waals surface area (Å²) >= 11 is 0. The van der Waals surface area contributed by atoms with Crippen LogP contribution in [0.3, 0.4) is 0 Å². The van der Waals surface area contributed by atoms with Crippen molar-refractivity contribution in [1.82, 2.24) is 14.5 Å². The lowest BCUT2D eigenvalue weighted by Crippen LogP contribution is -2.47. The topological polar surface area (TPSA) is 59.4 Å². The van der Waals surface area contributed by atoms with E-state index in [0.29, 0.717) is 12.0 Å². The Morgan fingerprint density at radius 1 is 1.14 bits per heavy atom. The van der Waals surface area contributed by atoms with Crippen molar-refractivity contribution in [3.8, 4) is 0 Å². The summed E-state index contributed by atoms with van der Waals surface area (Å²) in [4.78, 5) is 19.5. The predicted octanol–water partition coefficient (Wildman–Crippen LogP) is 4.92. The van der Waals surface area contributed by atoms with Gasteiger partial charge in [0, 0.05) is 38.3 Å². The monoisotopic (exact) mass is 474 g/mol. The molecule has 1 aliphatic heterocycles. The van der Waals surface area contributed by atoms with Crippen molar-refractivity contribution >= 4 is 22.6 Å². The molecule has 3 aromatic rings. The average Bonchev–Trinajstić information content (AvgIpc) is 3.37. The van der Waals surface area contributed by atoms with Gasteiger partial charge < -0.3 is 19.5 Å². The second kappa shape index (κ2) is 9.75. The molecule has 1 fully saturated rings. The van der Waals surface area contributed by atoms with Crippen molar-refractivity contribution in [2.24, 2.45) is 11.8 Å². The van der Waals surface area contributed by atoms with Gasteiger partial charge in [-0.25, -0.2) is 4.98 Å². The molecule has 1 amide bonds. The van der Waals surface area contributed by atoms with Crippen LogP contribution in [0.15, 0.2) is 36.4 Å². The van der Waals surface area contributed by atoms with E-state index in [9.17, 15) is 4.79 Å². The van der Waals surface area contributed by atoms with Crippen molar-refractivity contribution < 1.29 is 9.53 Å². The number of nitrogens with one attached hydrogen (secondary N) is 1. The standard InChI is InChI=1S/C29H38N4O2/c1-18(2)29(34)31-24-8-7-22-13-21(14-23(22)15-24)16-32-11-10-27(28(17-32)35-5)33-20(4)30-25-12-19(3)6-9-26(25)33/h6-9,12,15,18,21,27-28H,10-11,13-14,16-17H2,1-5H3,(H,31,34)/t21?,27-,28-/m0/s1. The van der Waals surface area contributed by atoms with Gasteiger partial charge in [0.2, 0.25) is 5.91 Å². The number of rotatable bonds is 6. The Balaban J connectivity index is 1.24. The van der Waals surface area contributed by atoms with Gasteiger partial charge in [-0.15, -0.1) is 0 Å². The number of piperidine rings is 1. The highest BCUT2D eigenvalue weighted by Gasteiger charge is 2.34. The second-order valence-corrected chi connectivity index (χ2v) is 10.8. The van der Waals surface area contributed by atoms with Crippen LogP contribution < -0.4 is 5.32 Å². The van der Waals surface area contributed by atoms with E-state index >= 15 is 0 Å². The van der Waals surface area contributed by atoms with E-state index in [1.807, 2.05) is 27.0 Å². The van der Waals surface area contributed by atoms with Crippen LogP contribution in [0.4, 0.5) is 5.69 Å². The van der Waals surface area contributed by atoms with Crippen LogP contribution in [0, 0.1) is 25.7 Å². The second-order valence-electron chi connectivity index (χ2n) is 10.8. The van der Waals surface area contributed by atoms with Crippen LogP contribution in [0.25, 0.3) is 11.0 Å². The number of amides is 1. The van der Waals surface area contributed by atoms with Gasteiger partial charge in [0.05, 0.1) is 23.2 Å². The number of benzene rings is 2. The number of hydrogen-bond acceptors (Lipinski definition) is 4. The molecule has 6 heteroatoms. The number of aromatic nitrogens is 2. The van der Waals surface area contributed by atoms with Crippen LogP contribution in [-0.4, -0.2) is 53.2 Å². The minimum Gasteiger partial charge on any atom is -0.378 e. The fourth-order valence-corrected chi connectivity index (χ4v) is 5.98. The molecule has 3 atom stereocenters. The lowest BCUT2D eigenvalue weighted by Gasteiger charge is -2.40. The highest BCUT2D eigenvalue weighted by atomic mass is 16.5. The van der Waals surface area contributed by atoms with Gasteiger partial charge in [-0.05, 0) is 80.0 Å². The molecule has 2 aromatic carbocycles. The first-order valence-corrected chi connectivity index (χ1v) is 13.0. The maximum Gasteiger partial charge on any atom is 0.226 e. The van der Waals surface area contributed by atoms with E-state index in [2.05, 4.69) is 59.0 Å². The van der Waals surface area contributed by atoms with Crippen LogP contribution in [0.1, 0.15) is 48.8 Å². The molecule has 0 saturated carbocycles. The molecule has 0 spiro atoms. The summed E-state index contributed by atoms with van der Waals surface area (Å²) in [6, 6.07) is 13.3. The van der Waals surface area contributed by atoms with E-state index in [0.717, 1.165) is 55.9 Å². The number of carbonyl (C=O) groups is 1. The number of carbonyl (C=O) groups excluding carboxylic acids is 1. The van der Waals surface area contributed by atoms with Crippen LogP contribution in [0.2, 0.25) is 0 Å². The first kappa shape index (κ1) is 24.0. The number of anilines is 1. The molecule has 186 valence electrons. The molecule has 35 heavy (non-hydrogen) atoms. The Kier molecular flexibility index (Phi) is 6.69. The molecule has 5 rings (SSSR count). The van der Waals surface area contributed by atoms with E-state index in [1.54, 1.807) is 0 Å². The summed E-state index contributed by atoms with van der Waals surface area (Å²) < 4.78 is 8.45. The van der Waals surface area contributed by atoms with E-state index in [4.69, 9.17) is 9.72 Å². The number of ether oxygens (including phenoxy) is 1. The summed E-state index contributed by atoms with van der Waals surface area (Å²) in [5, 5.41) is 3.05. The van der Waals surface area contributed by atoms with Crippen molar-refractivity contribution in [2.45, 2.75) is 59.1 Å². The Bertz CT molecular complexity index is 1230. The van der Waals surface area contributed by atoms with Gasteiger partial charge in [0.25, 0.3) is 0 Å². The minimum absolute atomic E-state index is 0.0131. The molecule has 1 N–H and O–H groups in total. The first-order chi connectivity index (χ1) is 16.8. The predicted molar refractivity (Wildman–Crippen MR) is 141 cm³/mol. The Morgan fingerprint density at radius 2 is 1.94 bits per heavy atom. The lowest BCUT2D eigenvalue weighted by molar-refractivity contribution is -0.118. The van der Waals surface area contributed by atoms with Crippen LogP contribution in [-0.2, 0) is 22.4 Å². The SMILES string of the molecule is CO[C@H]1CN(CC2Cc3ccc(NC(=O)C(C)C)cc3C2)CC[C@@H]1n1c(C)nc2cc(C)ccc21. The fraction of sp³-hybridized carbons (Fsp3) is 0.517. The molecular formula is C29H38N4O2. The summed E-state index contributed by atoms with van der Waals surface area (Å²) in [6.07, 6.45) is 3.38. The van der Waals surface area contributed by atoms with Crippen molar-refractivity contribution in [2.75, 3.05) is 32.1 Å². The molecule has 1 aromatic heterocycles. The third kappa shape index (κ3) is 4.87. The number of fused-ring (bicyclic) bond motifs is 2. The van der Waals surface area contributed by atoms with E-state index in [-0.39, 0.29) is 17.9 Å². The molecule has 1 unspecified atom stereocenters. The van der Waals surface area contributed by atoms with Crippen LogP contribution in [0.5, 0.6) is 0 Å². The van der Waals surface area contributed by atoms with Crippen molar-refractivity contribution in [3.63, 3.8) is 0 Å². The summed E-state index contributed by atoms with van der Waals surface area (Å²) in [7, 11) is 1.85. The molecule has 1 saturated heterocycles. The molecule has 2 heterocycles. The Morgan fingerprint density at radius 3 is 2.71 bits per heavy atom. The van der Waals surface area contributed by atoms with E-state index < -0.39 is 0 Å². The van der Waals surface area contributed by atoms with E-state index in [1.165, 1.54) is 22.2 Å². The normalized spacial score (nSPS) is 22.6. The number of methoxy groups -OCH3 is 1. The lowest BCUT2D eigenvalue weighted by atomic mass is 9.98. The highest BCUT2D eigenvalue weighted by Crippen LogP contribution is 2.34. The van der Waals surface area contributed by atoms with Gasteiger partial charge in [0.1, 0.15) is 5.82 Å². The van der Waals surface area contributed by atoms with Crippen molar-refractivity contribution in [1.29, 1.82) is 0 Å². The highest BCUT2D eigenvalue weighted by molar-refractivity contribution is 5.92. The zero-order valence-corrected chi connectivity index (χ0v) is 21.7. The number of likely N-dealkylation sites (tertiary alicyclic amines) is 1. The number of nitrogens with zero attached hydrogens (tertiary/aromatic N) is 3. The molecule has 0 bridgehead atoms.